The molecule has 1 aliphatic rings. The quantitative estimate of drug-likeness (QED) is 0.901. The lowest BCUT2D eigenvalue weighted by Gasteiger charge is -2.17. The first kappa shape index (κ1) is 14.6. The van der Waals surface area contributed by atoms with Crippen LogP contribution in [0.5, 0.6) is 0 Å². The monoisotopic (exact) mass is 302 g/mol. The Morgan fingerprint density at radius 1 is 1.45 bits per heavy atom. The molecule has 7 heteroatoms. The summed E-state index contributed by atoms with van der Waals surface area (Å²) in [5, 5.41) is 14.9. The molecule has 2 aromatic heterocycles. The summed E-state index contributed by atoms with van der Waals surface area (Å²) in [6, 6.07) is 0. The van der Waals surface area contributed by atoms with Gasteiger partial charge in [0.1, 0.15) is 18.1 Å². The lowest BCUT2D eigenvalue weighted by atomic mass is 10.1. The number of aromatic nitrogens is 4. The van der Waals surface area contributed by atoms with Crippen LogP contribution in [-0.4, -0.2) is 32.0 Å². The summed E-state index contributed by atoms with van der Waals surface area (Å²) >= 11 is 0. The van der Waals surface area contributed by atoms with Crippen LogP contribution >= 0.6 is 0 Å². The van der Waals surface area contributed by atoms with Gasteiger partial charge in [-0.25, -0.2) is 4.68 Å². The Labute approximate surface area is 129 Å². The van der Waals surface area contributed by atoms with Crippen LogP contribution in [0.1, 0.15) is 30.3 Å². The van der Waals surface area contributed by atoms with E-state index in [1.54, 1.807) is 10.9 Å². The predicted molar refractivity (Wildman–Crippen MR) is 85.0 cm³/mol. The van der Waals surface area contributed by atoms with Crippen LogP contribution < -0.4 is 10.6 Å². The summed E-state index contributed by atoms with van der Waals surface area (Å²) in [5.74, 6) is 0.804. The van der Waals surface area contributed by atoms with Crippen molar-refractivity contribution in [3.05, 3.63) is 23.1 Å². The molecule has 3 rings (SSSR count). The Bertz CT molecular complexity index is 699. The molecule has 0 atom stereocenters. The van der Waals surface area contributed by atoms with Gasteiger partial charge in [-0.15, -0.1) is 0 Å². The molecular weight excluding hydrogens is 280 g/mol. The third-order valence-electron chi connectivity index (χ3n) is 4.13. The molecule has 0 aliphatic carbocycles. The third kappa shape index (κ3) is 2.58. The number of aryl methyl sites for hydroxylation is 2. The number of fused-ring (bicyclic) bond motifs is 1. The molecule has 2 N–H and O–H groups in total. The van der Waals surface area contributed by atoms with Gasteiger partial charge >= 0.3 is 0 Å². The average Bonchev–Trinajstić information content (AvgIpc) is 3.01. The summed E-state index contributed by atoms with van der Waals surface area (Å²) in [6.45, 7) is 8.11. The van der Waals surface area contributed by atoms with Crippen LogP contribution in [0, 0.1) is 13.8 Å². The predicted octanol–water partition coefficient (Wildman–Crippen LogP) is 1.71. The summed E-state index contributed by atoms with van der Waals surface area (Å²) < 4.78 is 3.66. The number of amides is 1. The number of hydrogen-bond donors (Lipinski definition) is 2. The SMILES string of the molecule is CCc1c(C)nn(CC(=O)Nc2cnn3c2NCCC3)c1C. The lowest BCUT2D eigenvalue weighted by Crippen LogP contribution is -2.22. The van der Waals surface area contributed by atoms with Crippen molar-refractivity contribution in [1.82, 2.24) is 19.6 Å². The zero-order valence-electron chi connectivity index (χ0n) is 13.3. The molecule has 1 aliphatic heterocycles. The Hall–Kier alpha value is -2.31. The molecule has 118 valence electrons. The van der Waals surface area contributed by atoms with Crippen LogP contribution in [0.15, 0.2) is 6.20 Å². The van der Waals surface area contributed by atoms with Crippen LogP contribution in [-0.2, 0) is 24.3 Å². The van der Waals surface area contributed by atoms with E-state index in [0.29, 0.717) is 0 Å². The van der Waals surface area contributed by atoms with Gasteiger partial charge in [-0.1, -0.05) is 6.92 Å². The maximum absolute atomic E-state index is 12.3. The first-order valence-corrected chi connectivity index (χ1v) is 7.72. The molecule has 0 fully saturated rings. The highest BCUT2D eigenvalue weighted by Gasteiger charge is 2.17. The minimum absolute atomic E-state index is 0.0866. The smallest absolute Gasteiger partial charge is 0.246 e. The number of nitrogens with one attached hydrogen (secondary N) is 2. The van der Waals surface area contributed by atoms with Gasteiger partial charge in [-0.3, -0.25) is 9.48 Å². The molecule has 0 saturated heterocycles. The minimum Gasteiger partial charge on any atom is -0.368 e. The van der Waals surface area contributed by atoms with Gasteiger partial charge in [0.25, 0.3) is 0 Å². The number of hydrogen-bond acceptors (Lipinski definition) is 4. The Morgan fingerprint density at radius 2 is 2.27 bits per heavy atom. The Kier molecular flexibility index (Phi) is 3.87. The van der Waals surface area contributed by atoms with E-state index in [1.807, 2.05) is 18.5 Å². The van der Waals surface area contributed by atoms with E-state index in [1.165, 1.54) is 5.56 Å². The summed E-state index contributed by atoms with van der Waals surface area (Å²) in [4.78, 5) is 12.3. The van der Waals surface area contributed by atoms with Gasteiger partial charge in [0.15, 0.2) is 0 Å². The standard InChI is InChI=1S/C15H22N6O/c1-4-12-10(2)19-21(11(12)3)9-14(22)18-13-8-17-20-7-5-6-16-15(13)20/h8,16H,4-7,9H2,1-3H3,(H,18,22). The van der Waals surface area contributed by atoms with Gasteiger partial charge < -0.3 is 10.6 Å². The van der Waals surface area contributed by atoms with E-state index in [9.17, 15) is 4.79 Å². The van der Waals surface area contributed by atoms with Crippen molar-refractivity contribution in [3.8, 4) is 0 Å². The lowest BCUT2D eigenvalue weighted by molar-refractivity contribution is -0.116. The Morgan fingerprint density at radius 3 is 3.00 bits per heavy atom. The normalized spacial score (nSPS) is 13.6. The van der Waals surface area contributed by atoms with Crippen molar-refractivity contribution in [3.63, 3.8) is 0 Å². The summed E-state index contributed by atoms with van der Waals surface area (Å²) in [6.07, 6.45) is 3.68. The van der Waals surface area contributed by atoms with Crippen molar-refractivity contribution in [2.24, 2.45) is 0 Å². The van der Waals surface area contributed by atoms with E-state index < -0.39 is 0 Å². The van der Waals surface area contributed by atoms with Crippen molar-refractivity contribution in [1.29, 1.82) is 0 Å². The molecule has 0 spiro atoms. The van der Waals surface area contributed by atoms with Gasteiger partial charge in [-0.2, -0.15) is 10.2 Å². The molecule has 0 saturated carbocycles. The molecule has 2 aromatic rings. The fourth-order valence-corrected chi connectivity index (χ4v) is 2.99. The molecule has 7 nitrogen and oxygen atoms in total. The van der Waals surface area contributed by atoms with E-state index in [0.717, 1.165) is 48.8 Å². The van der Waals surface area contributed by atoms with Gasteiger partial charge in [0.05, 0.1) is 11.9 Å². The van der Waals surface area contributed by atoms with Gasteiger partial charge in [-0.05, 0) is 32.3 Å². The first-order valence-electron chi connectivity index (χ1n) is 7.72. The van der Waals surface area contributed by atoms with Crippen LogP contribution in [0.2, 0.25) is 0 Å². The molecule has 3 heterocycles. The number of rotatable bonds is 4. The molecular formula is C15H22N6O. The highest BCUT2D eigenvalue weighted by molar-refractivity contribution is 5.93. The number of nitrogens with zero attached hydrogens (tertiary/aromatic N) is 4. The van der Waals surface area contributed by atoms with Crippen molar-refractivity contribution < 1.29 is 4.79 Å². The van der Waals surface area contributed by atoms with Gasteiger partial charge in [0, 0.05) is 18.8 Å². The fourth-order valence-electron chi connectivity index (χ4n) is 2.99. The highest BCUT2D eigenvalue weighted by atomic mass is 16.2. The molecule has 0 aromatic carbocycles. The van der Waals surface area contributed by atoms with E-state index in [2.05, 4.69) is 27.8 Å². The number of anilines is 2. The largest absolute Gasteiger partial charge is 0.368 e. The Balaban J connectivity index is 1.72. The van der Waals surface area contributed by atoms with Crippen LogP contribution in [0.25, 0.3) is 0 Å². The maximum atomic E-state index is 12.3. The topological polar surface area (TPSA) is 76.8 Å². The number of carbonyl (C=O) groups is 1. The zero-order valence-corrected chi connectivity index (χ0v) is 13.3. The van der Waals surface area contributed by atoms with Crippen molar-refractivity contribution in [2.45, 2.75) is 46.7 Å². The summed E-state index contributed by atoms with van der Waals surface area (Å²) in [7, 11) is 0. The number of carbonyl (C=O) groups excluding carboxylic acids is 1. The van der Waals surface area contributed by atoms with Crippen LogP contribution in [0.3, 0.4) is 0 Å². The van der Waals surface area contributed by atoms with Gasteiger partial charge in [0.2, 0.25) is 5.91 Å². The average molecular weight is 302 g/mol. The van der Waals surface area contributed by atoms with Crippen molar-refractivity contribution in [2.75, 3.05) is 17.2 Å². The van der Waals surface area contributed by atoms with E-state index >= 15 is 0 Å². The first-order chi connectivity index (χ1) is 10.6. The minimum atomic E-state index is -0.0866. The third-order valence-corrected chi connectivity index (χ3v) is 4.13. The van der Waals surface area contributed by atoms with Crippen LogP contribution in [0.4, 0.5) is 11.5 Å². The second-order valence-electron chi connectivity index (χ2n) is 5.62. The summed E-state index contributed by atoms with van der Waals surface area (Å²) in [5.41, 5.74) is 4.02. The maximum Gasteiger partial charge on any atom is 0.246 e. The van der Waals surface area contributed by atoms with E-state index in [-0.39, 0.29) is 12.5 Å². The van der Waals surface area contributed by atoms with E-state index in [4.69, 9.17) is 0 Å². The molecule has 0 unspecified atom stereocenters. The second-order valence-corrected chi connectivity index (χ2v) is 5.62. The molecule has 0 bridgehead atoms. The fraction of sp³-hybridized carbons (Fsp3) is 0.533. The molecule has 22 heavy (non-hydrogen) atoms. The zero-order chi connectivity index (χ0) is 15.7. The van der Waals surface area contributed by atoms with Crippen molar-refractivity contribution >= 4 is 17.4 Å². The second kappa shape index (κ2) is 5.82. The molecule has 1 amide bonds. The molecule has 0 radical (unpaired) electrons. The highest BCUT2D eigenvalue weighted by Crippen LogP contribution is 2.24.